The molecule has 0 unspecified atom stereocenters. The van der Waals surface area contributed by atoms with Crippen molar-refractivity contribution in [3.05, 3.63) is 127 Å². The number of halogens is 3. The number of aromatic nitrogens is 2. The largest absolute Gasteiger partial charge is 0.471 e. The van der Waals surface area contributed by atoms with Crippen LogP contribution < -0.4 is 10.6 Å². The van der Waals surface area contributed by atoms with E-state index in [-0.39, 0.29) is 55.5 Å². The van der Waals surface area contributed by atoms with Gasteiger partial charge >= 0.3 is 12.1 Å². The Balaban J connectivity index is 0.000000180. The van der Waals surface area contributed by atoms with Crippen LogP contribution in [0.15, 0.2) is 95.0 Å². The maximum absolute atomic E-state index is 12.9. The Bertz CT molecular complexity index is 2880. The number of carbonyl (C=O) groups excluding carboxylic acids is 6. The Morgan fingerprint density at radius 1 is 0.658 bits per heavy atom. The minimum absolute atomic E-state index is 0.00391. The Morgan fingerprint density at radius 3 is 1.47 bits per heavy atom. The van der Waals surface area contributed by atoms with E-state index in [2.05, 4.69) is 61.7 Å². The highest BCUT2D eigenvalue weighted by molar-refractivity contribution is 7.10. The van der Waals surface area contributed by atoms with Crippen LogP contribution in [0.1, 0.15) is 77.5 Å². The van der Waals surface area contributed by atoms with E-state index in [0.717, 1.165) is 53.8 Å². The molecule has 14 nitrogen and oxygen atoms in total. The molecule has 0 radical (unpaired) electrons. The van der Waals surface area contributed by atoms with Crippen molar-refractivity contribution >= 4 is 81.9 Å². The first-order valence-electron chi connectivity index (χ1n) is 24.6. The SMILES string of the molecule is CC(=O)N1CCC2(CC1)Cc1cc(/C=C/C(=O)N3CC=C(Cc4cccs4)CC3)cnc1NC2=O.O=C(/C=C/c1cnc2c(c1)CC1(CCN(C(=O)C(F)(F)F)CC1)C(=O)N2)N1CC=C(Cc2cccs2)CC1. The van der Waals surface area contributed by atoms with Gasteiger partial charge in [0.2, 0.25) is 29.5 Å². The fourth-order valence-electron chi connectivity index (χ4n) is 10.4. The number of amides is 6. The standard InChI is InChI=1S/C27H27F3N4O3S.C27H30N4O3S/c28-27(29,30)25(37)34-11-7-26(8-12-34)16-20-14-19(17-31-23(20)32-24(26)36)3-4-22(35)33-9-5-18(6-10-33)15-21-2-1-13-38-21;1-19(32)30-12-8-27(9-13-30)17-22-15-21(18-28-25(22)29-26(27)34)4-5-24(33)31-10-6-20(7-11-31)16-23-3-2-14-35-23/h1-5,13-14,17H,6-12,15-16H2,(H,31,32,36);2-6,14-15,18H,7-13,16-17H2,1H3,(H,28,29,34)/b4-3+;5-4+. The number of carbonyl (C=O) groups is 6. The number of thiophene rings is 2. The summed E-state index contributed by atoms with van der Waals surface area (Å²) in [6, 6.07) is 12.2. The van der Waals surface area contributed by atoms with Gasteiger partial charge in [-0.3, -0.25) is 28.8 Å². The second-order valence-corrected chi connectivity index (χ2v) is 21.7. The zero-order valence-electron chi connectivity index (χ0n) is 40.5. The van der Waals surface area contributed by atoms with Crippen molar-refractivity contribution in [3.63, 3.8) is 0 Å². The summed E-state index contributed by atoms with van der Waals surface area (Å²) < 4.78 is 38.4. The van der Waals surface area contributed by atoms with E-state index in [1.54, 1.807) is 63.9 Å². The number of likely N-dealkylation sites (tertiary alicyclic amines) is 2. The molecule has 6 aliphatic rings. The molecule has 0 aliphatic carbocycles. The van der Waals surface area contributed by atoms with Crippen LogP contribution in [0.2, 0.25) is 0 Å². The fraction of sp³-hybridized carbons (Fsp3) is 0.407. The lowest BCUT2D eigenvalue weighted by molar-refractivity contribution is -0.187. The van der Waals surface area contributed by atoms with Gasteiger partial charge in [0.1, 0.15) is 11.6 Å². The number of nitrogens with one attached hydrogen (secondary N) is 2. The van der Waals surface area contributed by atoms with Crippen LogP contribution in [0.25, 0.3) is 12.2 Å². The van der Waals surface area contributed by atoms with Crippen LogP contribution >= 0.6 is 22.7 Å². The Morgan fingerprint density at radius 2 is 1.10 bits per heavy atom. The molecule has 2 fully saturated rings. The molecule has 6 amide bonds. The van der Waals surface area contributed by atoms with Crippen molar-refractivity contribution in [1.29, 1.82) is 0 Å². The van der Waals surface area contributed by atoms with E-state index in [1.807, 2.05) is 29.2 Å². The van der Waals surface area contributed by atoms with Crippen LogP contribution in [0.5, 0.6) is 0 Å². The molecule has 19 heteroatoms. The van der Waals surface area contributed by atoms with E-state index in [0.29, 0.717) is 75.6 Å². The van der Waals surface area contributed by atoms with Gasteiger partial charge in [-0.25, -0.2) is 9.97 Å². The number of pyridine rings is 2. The molecule has 0 bridgehead atoms. The molecule has 0 saturated carbocycles. The summed E-state index contributed by atoms with van der Waals surface area (Å²) in [6.45, 7) is 5.08. The quantitative estimate of drug-likeness (QED) is 0.133. The number of piperidine rings is 2. The average molecular weight is 1040 g/mol. The van der Waals surface area contributed by atoms with Gasteiger partial charge in [-0.2, -0.15) is 13.2 Å². The molecule has 73 heavy (non-hydrogen) atoms. The molecule has 2 saturated heterocycles. The highest BCUT2D eigenvalue weighted by Gasteiger charge is 2.50. The molecule has 10 heterocycles. The number of hydrogen-bond donors (Lipinski definition) is 2. The highest BCUT2D eigenvalue weighted by atomic mass is 32.1. The van der Waals surface area contributed by atoms with Gasteiger partial charge in [-0.05, 0) is 121 Å². The van der Waals surface area contributed by atoms with Gasteiger partial charge < -0.3 is 30.2 Å². The van der Waals surface area contributed by atoms with E-state index in [9.17, 15) is 41.9 Å². The first-order valence-corrected chi connectivity index (χ1v) is 26.4. The molecular weight excluding hydrogens is 978 g/mol. The summed E-state index contributed by atoms with van der Waals surface area (Å²) in [5.74, 6) is -1.20. The third-order valence-electron chi connectivity index (χ3n) is 14.9. The molecule has 0 atom stereocenters. The average Bonchev–Trinajstić information content (AvgIpc) is 4.11. The lowest BCUT2D eigenvalue weighted by Gasteiger charge is -2.43. The summed E-state index contributed by atoms with van der Waals surface area (Å²) in [4.78, 5) is 92.2. The van der Waals surface area contributed by atoms with Crippen molar-refractivity contribution in [1.82, 2.24) is 29.6 Å². The van der Waals surface area contributed by atoms with Crippen molar-refractivity contribution in [2.75, 3.05) is 63.0 Å². The number of anilines is 2. The smallest absolute Gasteiger partial charge is 0.343 e. The molecule has 4 aromatic rings. The first kappa shape index (κ1) is 51.2. The molecular formula is C54H57F3N8O6S2. The van der Waals surface area contributed by atoms with Crippen molar-refractivity contribution in [2.45, 2.75) is 77.3 Å². The second-order valence-electron chi connectivity index (χ2n) is 19.6. The molecule has 4 aromatic heterocycles. The minimum atomic E-state index is -4.93. The summed E-state index contributed by atoms with van der Waals surface area (Å²) in [7, 11) is 0. The summed E-state index contributed by atoms with van der Waals surface area (Å²) in [5.41, 5.74) is 4.61. The van der Waals surface area contributed by atoms with Gasteiger partial charge in [0.15, 0.2) is 0 Å². The number of rotatable bonds is 8. The van der Waals surface area contributed by atoms with Crippen molar-refractivity contribution in [2.24, 2.45) is 10.8 Å². The zero-order valence-corrected chi connectivity index (χ0v) is 42.2. The summed E-state index contributed by atoms with van der Waals surface area (Å²) in [5, 5.41) is 9.91. The summed E-state index contributed by atoms with van der Waals surface area (Å²) in [6.07, 6.45) is 15.4. The van der Waals surface area contributed by atoms with E-state index in [1.165, 1.54) is 27.0 Å². The molecule has 382 valence electrons. The fourth-order valence-corrected chi connectivity index (χ4v) is 12.0. The number of fused-ring (bicyclic) bond motifs is 2. The monoisotopic (exact) mass is 1030 g/mol. The normalized spacial score (nSPS) is 19.4. The zero-order chi connectivity index (χ0) is 51.3. The highest BCUT2D eigenvalue weighted by Crippen LogP contribution is 2.43. The molecule has 2 spiro atoms. The molecule has 0 aromatic carbocycles. The van der Waals surface area contributed by atoms with Crippen LogP contribution in [0.4, 0.5) is 24.8 Å². The maximum Gasteiger partial charge on any atom is 0.471 e. The third kappa shape index (κ3) is 12.0. The maximum atomic E-state index is 12.9. The van der Waals surface area contributed by atoms with Crippen LogP contribution in [0.3, 0.4) is 0 Å². The Kier molecular flexibility index (Phi) is 15.3. The van der Waals surface area contributed by atoms with Crippen LogP contribution in [0, 0.1) is 10.8 Å². The molecule has 2 N–H and O–H groups in total. The predicted molar refractivity (Wildman–Crippen MR) is 274 cm³/mol. The van der Waals surface area contributed by atoms with Crippen LogP contribution in [-0.2, 0) is 54.5 Å². The number of nitrogens with zero attached hydrogens (tertiary/aromatic N) is 6. The van der Waals surface area contributed by atoms with Gasteiger partial charge in [-0.15, -0.1) is 22.7 Å². The third-order valence-corrected chi connectivity index (χ3v) is 16.7. The van der Waals surface area contributed by atoms with E-state index >= 15 is 0 Å². The lowest BCUT2D eigenvalue weighted by atomic mass is 9.71. The predicted octanol–water partition coefficient (Wildman–Crippen LogP) is 7.90. The number of hydrogen-bond acceptors (Lipinski definition) is 10. The number of alkyl halides is 3. The van der Waals surface area contributed by atoms with Gasteiger partial charge in [0.05, 0.1) is 10.8 Å². The Labute approximate surface area is 429 Å². The topological polar surface area (TPSA) is 165 Å². The van der Waals surface area contributed by atoms with Crippen molar-refractivity contribution < 1.29 is 41.9 Å². The van der Waals surface area contributed by atoms with E-state index in [4.69, 9.17) is 0 Å². The van der Waals surface area contributed by atoms with Crippen molar-refractivity contribution in [3.8, 4) is 0 Å². The van der Waals surface area contributed by atoms with Crippen LogP contribution in [-0.4, -0.2) is 124 Å². The van der Waals surface area contributed by atoms with Gasteiger partial charge in [-0.1, -0.05) is 35.4 Å². The van der Waals surface area contributed by atoms with E-state index < -0.39 is 22.9 Å². The lowest BCUT2D eigenvalue weighted by Crippen LogP contribution is -2.53. The van der Waals surface area contributed by atoms with Gasteiger partial charge in [0, 0.05) is 106 Å². The minimum Gasteiger partial charge on any atom is -0.343 e. The van der Waals surface area contributed by atoms with Gasteiger partial charge in [0.25, 0.3) is 0 Å². The summed E-state index contributed by atoms with van der Waals surface area (Å²) >= 11 is 3.50. The Hall–Kier alpha value is -6.73. The second kappa shape index (κ2) is 21.8. The molecule has 6 aliphatic heterocycles. The molecule has 10 rings (SSSR count). The first-order chi connectivity index (χ1) is 35.0.